The Bertz CT molecular complexity index is 2110. The molecule has 0 aromatic heterocycles. The Kier molecular flexibility index (Phi) is 13.9. The molecule has 16 nitrogen and oxygen atoms in total. The van der Waals surface area contributed by atoms with Crippen LogP contribution >= 0.6 is 0 Å². The lowest BCUT2D eigenvalue weighted by atomic mass is 10.0. The van der Waals surface area contributed by atoms with Gasteiger partial charge < -0.3 is 39.8 Å². The van der Waals surface area contributed by atoms with Crippen LogP contribution in [0, 0.1) is 0 Å². The van der Waals surface area contributed by atoms with Gasteiger partial charge in [-0.2, -0.15) is 0 Å². The van der Waals surface area contributed by atoms with Crippen molar-refractivity contribution in [2.75, 3.05) is 76.0 Å². The highest BCUT2D eigenvalue weighted by Crippen LogP contribution is 2.35. The predicted octanol–water partition coefficient (Wildman–Crippen LogP) is 2.66. The highest BCUT2D eigenvalue weighted by atomic mass is 16.5. The van der Waals surface area contributed by atoms with Crippen molar-refractivity contribution in [3.63, 3.8) is 0 Å². The van der Waals surface area contributed by atoms with Crippen molar-refractivity contribution in [1.82, 2.24) is 20.4 Å². The van der Waals surface area contributed by atoms with E-state index in [-0.39, 0.29) is 47.8 Å². The van der Waals surface area contributed by atoms with Gasteiger partial charge in [0, 0.05) is 74.8 Å². The number of benzene rings is 3. The van der Waals surface area contributed by atoms with Gasteiger partial charge >= 0.3 is 0 Å². The second-order valence-electron chi connectivity index (χ2n) is 15.1. The molecule has 4 aliphatic rings. The minimum Gasteiger partial charge on any atom is -0.507 e. The fraction of sp³-hybridized carbons (Fsp3) is 0.409. The van der Waals surface area contributed by atoms with Crippen LogP contribution in [0.25, 0.3) is 0 Å². The van der Waals surface area contributed by atoms with E-state index in [0.717, 1.165) is 36.4 Å². The zero-order valence-corrected chi connectivity index (χ0v) is 33.3. The lowest BCUT2D eigenvalue weighted by Crippen LogP contribution is -2.54. The number of nitrogens with one attached hydrogen (secondary N) is 3. The van der Waals surface area contributed by atoms with E-state index in [4.69, 9.17) is 14.2 Å². The number of phenolic OH excluding ortho intramolecular Hbond substituents is 1. The number of anilines is 2. The Morgan fingerprint density at radius 1 is 0.817 bits per heavy atom. The van der Waals surface area contributed by atoms with Crippen LogP contribution in [0.15, 0.2) is 79.0 Å². The smallest absolute Gasteiger partial charge is 0.262 e. The molecule has 0 radical (unpaired) electrons. The second-order valence-corrected chi connectivity index (χ2v) is 15.1. The van der Waals surface area contributed by atoms with Crippen molar-refractivity contribution in [1.29, 1.82) is 0 Å². The molecule has 3 aromatic carbocycles. The maximum absolute atomic E-state index is 13.0. The molecule has 4 N–H and O–H groups in total. The highest BCUT2D eigenvalue weighted by Gasteiger charge is 2.45. The van der Waals surface area contributed by atoms with Gasteiger partial charge in [-0.3, -0.25) is 39.0 Å². The number of likely N-dealkylation sites (tertiary alicyclic amines) is 1. The van der Waals surface area contributed by atoms with Crippen molar-refractivity contribution in [3.8, 4) is 5.75 Å². The SMILES string of the molecule is O=C(CCOCCOCCOCCNc1ccc2c(c1)C(=O)N(C1CCC(=O)NC1=O)C2=O)NCCc1ccc(N2C[C@H]3C[C@@H]2CN3/C=C/C(=O)c2ccccc2O)cc1. The van der Waals surface area contributed by atoms with E-state index in [2.05, 4.69) is 50.0 Å². The number of fused-ring (bicyclic) bond motifs is 3. The maximum Gasteiger partial charge on any atom is 0.262 e. The van der Waals surface area contributed by atoms with Gasteiger partial charge in [-0.05, 0) is 67.3 Å². The predicted molar refractivity (Wildman–Crippen MR) is 220 cm³/mol. The number of piperazine rings is 1. The number of rotatable bonds is 21. The number of allylic oxidation sites excluding steroid dienone is 1. The second kappa shape index (κ2) is 19.8. The summed E-state index contributed by atoms with van der Waals surface area (Å²) < 4.78 is 16.7. The summed E-state index contributed by atoms with van der Waals surface area (Å²) in [6.45, 7) is 4.83. The van der Waals surface area contributed by atoms with Gasteiger partial charge in [0.15, 0.2) is 5.78 Å². The summed E-state index contributed by atoms with van der Waals surface area (Å²) in [5, 5.41) is 18.3. The van der Waals surface area contributed by atoms with Crippen molar-refractivity contribution in [2.24, 2.45) is 0 Å². The molecule has 4 aliphatic heterocycles. The molecular weight excluding hydrogens is 773 g/mol. The van der Waals surface area contributed by atoms with Gasteiger partial charge in [-0.25, -0.2) is 0 Å². The summed E-state index contributed by atoms with van der Waals surface area (Å²) in [4.78, 5) is 80.0. The molecule has 1 unspecified atom stereocenters. The molecular formula is C44H50N6O10. The average Bonchev–Trinajstić information content (AvgIpc) is 3.92. The zero-order valence-electron chi connectivity index (χ0n) is 33.3. The Labute approximate surface area is 347 Å². The van der Waals surface area contributed by atoms with Crippen LogP contribution in [0.4, 0.5) is 11.4 Å². The van der Waals surface area contributed by atoms with Gasteiger partial charge in [-0.15, -0.1) is 0 Å². The van der Waals surface area contributed by atoms with Crippen LogP contribution in [-0.4, -0.2) is 134 Å². The summed E-state index contributed by atoms with van der Waals surface area (Å²) in [7, 11) is 0. The molecule has 3 fully saturated rings. The van der Waals surface area contributed by atoms with Gasteiger partial charge in [-0.1, -0.05) is 24.3 Å². The van der Waals surface area contributed by atoms with Gasteiger partial charge in [0.05, 0.1) is 56.3 Å². The molecule has 60 heavy (non-hydrogen) atoms. The van der Waals surface area contributed by atoms with Gasteiger partial charge in [0.2, 0.25) is 17.7 Å². The van der Waals surface area contributed by atoms with Gasteiger partial charge in [0.25, 0.3) is 11.8 Å². The largest absolute Gasteiger partial charge is 0.507 e. The van der Waals surface area contributed by atoms with E-state index in [9.17, 15) is 33.9 Å². The number of para-hydroxylation sites is 1. The number of aromatic hydroxyl groups is 1. The van der Waals surface area contributed by atoms with Crippen molar-refractivity contribution >= 4 is 46.7 Å². The van der Waals surface area contributed by atoms with E-state index in [1.54, 1.807) is 42.5 Å². The Morgan fingerprint density at radius 3 is 2.28 bits per heavy atom. The van der Waals surface area contributed by atoms with E-state index in [1.165, 1.54) is 11.8 Å². The average molecular weight is 823 g/mol. The standard InChI is InChI=1S/C44H50N6O10/c51-38-4-2-1-3-35(38)39(52)14-18-48-27-33-26-32(48)28-49(33)31-8-5-29(6-9-31)13-16-46-40(53)15-19-58-21-23-60-24-22-59-20-17-45-30-7-10-34-36(25-30)44(57)50(43(34)56)37-11-12-41(54)47-42(37)55/h1-10,14,18,25,32-33,37,45,51H,11-13,15-17,19-24,26-28H2,(H,46,53)(H,47,54,55)/b18-14+/t32-,33-,37?/m1/s1. The highest BCUT2D eigenvalue weighted by molar-refractivity contribution is 6.23. The molecule has 316 valence electrons. The number of carbonyl (C=O) groups excluding carboxylic acids is 6. The van der Waals surface area contributed by atoms with Crippen molar-refractivity contribution in [2.45, 2.75) is 50.2 Å². The monoisotopic (exact) mass is 822 g/mol. The lowest BCUT2D eigenvalue weighted by Gasteiger charge is -2.35. The fourth-order valence-corrected chi connectivity index (χ4v) is 7.98. The van der Waals surface area contributed by atoms with Crippen LogP contribution in [0.5, 0.6) is 5.75 Å². The first kappa shape index (κ1) is 42.0. The molecule has 7 rings (SSSR count). The summed E-state index contributed by atoms with van der Waals surface area (Å²) >= 11 is 0. The third-order valence-corrected chi connectivity index (χ3v) is 11.1. The summed E-state index contributed by atoms with van der Waals surface area (Å²) in [5.41, 5.74) is 3.67. The number of hydrogen-bond acceptors (Lipinski definition) is 13. The molecule has 2 bridgehead atoms. The summed E-state index contributed by atoms with van der Waals surface area (Å²) in [6, 6.07) is 19.6. The summed E-state index contributed by atoms with van der Waals surface area (Å²) in [6.07, 6.45) is 5.58. The minimum atomic E-state index is -1.00. The zero-order chi connectivity index (χ0) is 42.0. The lowest BCUT2D eigenvalue weighted by molar-refractivity contribution is -0.136. The first-order valence-corrected chi connectivity index (χ1v) is 20.4. The van der Waals surface area contributed by atoms with Crippen molar-refractivity contribution < 1.29 is 48.1 Å². The van der Waals surface area contributed by atoms with Gasteiger partial charge in [0.1, 0.15) is 11.8 Å². The molecule has 0 spiro atoms. The number of ether oxygens (including phenoxy) is 3. The van der Waals surface area contributed by atoms with E-state index < -0.39 is 29.7 Å². The molecule has 3 atom stereocenters. The quantitative estimate of drug-likeness (QED) is 0.0531. The first-order chi connectivity index (χ1) is 29.2. The maximum atomic E-state index is 13.0. The number of imide groups is 2. The van der Waals surface area contributed by atoms with E-state index in [0.29, 0.717) is 76.1 Å². The first-order valence-electron chi connectivity index (χ1n) is 20.4. The van der Waals surface area contributed by atoms with Crippen LogP contribution in [0.2, 0.25) is 0 Å². The van der Waals surface area contributed by atoms with Crippen LogP contribution in [-0.2, 0) is 35.0 Å². The third-order valence-electron chi connectivity index (χ3n) is 11.1. The number of ketones is 1. The number of phenols is 1. The van der Waals surface area contributed by atoms with Crippen LogP contribution in [0.3, 0.4) is 0 Å². The molecule has 4 heterocycles. The fourth-order valence-electron chi connectivity index (χ4n) is 7.98. The molecule has 3 saturated heterocycles. The minimum absolute atomic E-state index is 0.0102. The Hall–Kier alpha value is -6.10. The van der Waals surface area contributed by atoms with Crippen LogP contribution in [0.1, 0.15) is 62.3 Å². The molecule has 5 amide bonds. The molecule has 0 aliphatic carbocycles. The molecule has 0 saturated carbocycles. The van der Waals surface area contributed by atoms with Crippen molar-refractivity contribution in [3.05, 3.63) is 101 Å². The Balaban J connectivity index is 0.683. The summed E-state index contributed by atoms with van der Waals surface area (Å²) in [5.74, 6) is -2.46. The number of hydrogen-bond donors (Lipinski definition) is 4. The van der Waals surface area contributed by atoms with E-state index in [1.807, 2.05) is 6.20 Å². The number of nitrogens with zero attached hydrogens (tertiary/aromatic N) is 3. The topological polar surface area (TPSA) is 196 Å². The third kappa shape index (κ3) is 10.2. The van der Waals surface area contributed by atoms with E-state index >= 15 is 0 Å². The Morgan fingerprint density at radius 2 is 1.55 bits per heavy atom. The number of amides is 5. The number of piperidine rings is 1. The van der Waals surface area contributed by atoms with Crippen LogP contribution < -0.4 is 20.9 Å². The molecule has 16 heteroatoms. The number of carbonyl (C=O) groups is 6. The molecule has 3 aromatic rings. The normalized spacial score (nSPS) is 19.7.